The number of hydrogen-bond donors (Lipinski definition) is 2. The van der Waals surface area contributed by atoms with Crippen molar-refractivity contribution in [1.29, 1.82) is 0 Å². The summed E-state index contributed by atoms with van der Waals surface area (Å²) in [6.07, 6.45) is 1.51. The summed E-state index contributed by atoms with van der Waals surface area (Å²) >= 11 is 0. The molecule has 2 aromatic rings. The minimum absolute atomic E-state index is 0.0487. The maximum atomic E-state index is 13.1. The Hall–Kier alpha value is -2.73. The molecule has 6 heteroatoms. The van der Waals surface area contributed by atoms with Gasteiger partial charge in [-0.1, -0.05) is 24.3 Å². The first-order valence-corrected chi connectivity index (χ1v) is 10.4. The fourth-order valence-corrected chi connectivity index (χ4v) is 3.63. The normalized spacial score (nSPS) is 15.6. The Labute approximate surface area is 177 Å². The van der Waals surface area contributed by atoms with E-state index in [2.05, 4.69) is 15.5 Å². The maximum absolute atomic E-state index is 13.1. The van der Waals surface area contributed by atoms with Gasteiger partial charge in [-0.3, -0.25) is 14.5 Å². The Bertz CT molecular complexity index is 882. The smallest absolute Gasteiger partial charge is 0.253 e. The highest BCUT2D eigenvalue weighted by molar-refractivity contribution is 6.04. The van der Waals surface area contributed by atoms with Crippen LogP contribution in [0.3, 0.4) is 0 Å². The molecular weight excluding hydrogens is 381 g/mol. The van der Waals surface area contributed by atoms with Gasteiger partial charge in [-0.15, -0.1) is 0 Å². The first kappa shape index (κ1) is 22.0. The lowest BCUT2D eigenvalue weighted by Crippen LogP contribution is -2.41. The molecule has 1 heterocycles. The van der Waals surface area contributed by atoms with Crippen LogP contribution in [0.5, 0.6) is 0 Å². The first-order valence-electron chi connectivity index (χ1n) is 10.4. The van der Waals surface area contributed by atoms with Gasteiger partial charge in [0.1, 0.15) is 5.82 Å². The molecule has 0 bridgehead atoms. The molecule has 0 unspecified atom stereocenters. The Balaban J connectivity index is 1.56. The van der Waals surface area contributed by atoms with Crippen molar-refractivity contribution in [1.82, 2.24) is 10.2 Å². The number of nitrogens with zero attached hydrogens (tertiary/aromatic N) is 1. The lowest BCUT2D eigenvalue weighted by molar-refractivity contribution is -0.121. The number of halogens is 1. The molecule has 2 aromatic carbocycles. The molecule has 1 saturated heterocycles. The molecule has 160 valence electrons. The number of amides is 2. The predicted octanol–water partition coefficient (Wildman–Crippen LogP) is 4.20. The van der Waals surface area contributed by atoms with Crippen LogP contribution in [0.2, 0.25) is 0 Å². The topological polar surface area (TPSA) is 61.4 Å². The van der Waals surface area contributed by atoms with Gasteiger partial charge < -0.3 is 10.6 Å². The van der Waals surface area contributed by atoms with E-state index in [0.717, 1.165) is 38.0 Å². The second kappa shape index (κ2) is 9.39. The number of carbonyl (C=O) groups is 2. The van der Waals surface area contributed by atoms with E-state index >= 15 is 0 Å². The third kappa shape index (κ3) is 6.13. The molecular formula is C24H30FN3O2. The Kier molecular flexibility index (Phi) is 6.87. The van der Waals surface area contributed by atoms with Crippen molar-refractivity contribution in [3.8, 4) is 0 Å². The molecule has 0 aromatic heterocycles. The zero-order chi connectivity index (χ0) is 21.7. The number of piperidine rings is 1. The zero-order valence-corrected chi connectivity index (χ0v) is 17.9. The molecule has 1 aliphatic heterocycles. The number of anilines is 1. The van der Waals surface area contributed by atoms with Crippen LogP contribution in [-0.4, -0.2) is 35.3 Å². The van der Waals surface area contributed by atoms with Crippen LogP contribution in [-0.2, 0) is 11.3 Å². The highest BCUT2D eigenvalue weighted by atomic mass is 19.1. The molecule has 2 amide bonds. The van der Waals surface area contributed by atoms with Crippen LogP contribution in [0, 0.1) is 11.7 Å². The molecule has 0 saturated carbocycles. The van der Waals surface area contributed by atoms with Gasteiger partial charge in [-0.2, -0.15) is 0 Å². The molecule has 0 radical (unpaired) electrons. The van der Waals surface area contributed by atoms with Gasteiger partial charge in [0.2, 0.25) is 5.91 Å². The van der Waals surface area contributed by atoms with E-state index in [9.17, 15) is 14.0 Å². The second-order valence-electron chi connectivity index (χ2n) is 8.92. The zero-order valence-electron chi connectivity index (χ0n) is 17.9. The standard InChI is InChI=1S/C24H30FN3O2/c1-24(2,3)27-23(30)20-6-4-5-7-21(20)26-22(29)18-12-14-28(15-13-18)16-17-8-10-19(25)11-9-17/h4-11,18H,12-16H2,1-3H3,(H,26,29)(H,27,30). The van der Waals surface area contributed by atoms with Crippen LogP contribution >= 0.6 is 0 Å². The monoisotopic (exact) mass is 411 g/mol. The average Bonchev–Trinajstić information content (AvgIpc) is 2.69. The van der Waals surface area contributed by atoms with Gasteiger partial charge in [-0.25, -0.2) is 4.39 Å². The molecule has 3 rings (SSSR count). The van der Waals surface area contributed by atoms with Crippen LogP contribution < -0.4 is 10.6 Å². The Morgan fingerprint density at radius 1 is 1.03 bits per heavy atom. The van der Waals surface area contributed by atoms with Crippen molar-refractivity contribution >= 4 is 17.5 Å². The first-order chi connectivity index (χ1) is 14.2. The number of para-hydroxylation sites is 1. The molecule has 0 atom stereocenters. The van der Waals surface area contributed by atoms with Gasteiger partial charge in [0.15, 0.2) is 0 Å². The molecule has 30 heavy (non-hydrogen) atoms. The largest absolute Gasteiger partial charge is 0.347 e. The van der Waals surface area contributed by atoms with Crippen LogP contribution in [0.15, 0.2) is 48.5 Å². The van der Waals surface area contributed by atoms with E-state index in [1.54, 1.807) is 30.3 Å². The van der Waals surface area contributed by atoms with Gasteiger partial charge >= 0.3 is 0 Å². The number of carbonyl (C=O) groups excluding carboxylic acids is 2. The summed E-state index contributed by atoms with van der Waals surface area (Å²) in [5.74, 6) is -0.571. The van der Waals surface area contributed by atoms with E-state index < -0.39 is 0 Å². The second-order valence-corrected chi connectivity index (χ2v) is 8.92. The van der Waals surface area contributed by atoms with Gasteiger partial charge in [0.05, 0.1) is 11.3 Å². The van der Waals surface area contributed by atoms with Gasteiger partial charge in [0.25, 0.3) is 5.91 Å². The third-order valence-electron chi connectivity index (χ3n) is 5.20. The fraction of sp³-hybridized carbons (Fsp3) is 0.417. The van der Waals surface area contributed by atoms with E-state index in [4.69, 9.17) is 0 Å². The van der Waals surface area contributed by atoms with Crippen molar-refractivity contribution in [2.45, 2.75) is 45.7 Å². The maximum Gasteiger partial charge on any atom is 0.253 e. The third-order valence-corrected chi connectivity index (χ3v) is 5.20. The predicted molar refractivity (Wildman–Crippen MR) is 117 cm³/mol. The molecule has 0 aliphatic carbocycles. The Morgan fingerprint density at radius 2 is 1.67 bits per heavy atom. The fourth-order valence-electron chi connectivity index (χ4n) is 3.63. The van der Waals surface area contributed by atoms with Crippen LogP contribution in [0.25, 0.3) is 0 Å². The summed E-state index contributed by atoms with van der Waals surface area (Å²) in [5, 5.41) is 5.90. The van der Waals surface area contributed by atoms with E-state index in [0.29, 0.717) is 11.3 Å². The van der Waals surface area contributed by atoms with E-state index in [1.807, 2.05) is 26.8 Å². The highest BCUT2D eigenvalue weighted by Crippen LogP contribution is 2.23. The van der Waals surface area contributed by atoms with Crippen molar-refractivity contribution in [2.24, 2.45) is 5.92 Å². The van der Waals surface area contributed by atoms with Crippen molar-refractivity contribution < 1.29 is 14.0 Å². The molecule has 5 nitrogen and oxygen atoms in total. The summed E-state index contributed by atoms with van der Waals surface area (Å²) in [7, 11) is 0. The number of hydrogen-bond acceptors (Lipinski definition) is 3. The van der Waals surface area contributed by atoms with Crippen molar-refractivity contribution in [3.05, 3.63) is 65.5 Å². The molecule has 2 N–H and O–H groups in total. The van der Waals surface area contributed by atoms with Crippen molar-refractivity contribution in [3.63, 3.8) is 0 Å². The molecule has 1 aliphatic rings. The quantitative estimate of drug-likeness (QED) is 0.775. The minimum atomic E-state index is -0.356. The summed E-state index contributed by atoms with van der Waals surface area (Å²) in [4.78, 5) is 27.7. The van der Waals surface area contributed by atoms with Gasteiger partial charge in [0, 0.05) is 18.0 Å². The van der Waals surface area contributed by atoms with Crippen LogP contribution in [0.4, 0.5) is 10.1 Å². The molecule has 0 spiro atoms. The number of likely N-dealkylation sites (tertiary alicyclic amines) is 1. The number of benzene rings is 2. The Morgan fingerprint density at radius 3 is 2.30 bits per heavy atom. The number of nitrogens with one attached hydrogen (secondary N) is 2. The SMILES string of the molecule is CC(C)(C)NC(=O)c1ccccc1NC(=O)C1CCN(Cc2ccc(F)cc2)CC1. The lowest BCUT2D eigenvalue weighted by atomic mass is 9.95. The van der Waals surface area contributed by atoms with E-state index in [1.165, 1.54) is 12.1 Å². The minimum Gasteiger partial charge on any atom is -0.347 e. The summed E-state index contributed by atoms with van der Waals surface area (Å²) in [6, 6.07) is 13.6. The lowest BCUT2D eigenvalue weighted by Gasteiger charge is -2.31. The van der Waals surface area contributed by atoms with E-state index in [-0.39, 0.29) is 29.1 Å². The number of rotatable bonds is 5. The summed E-state index contributed by atoms with van der Waals surface area (Å²) in [6.45, 7) is 8.14. The van der Waals surface area contributed by atoms with Crippen LogP contribution in [0.1, 0.15) is 49.5 Å². The van der Waals surface area contributed by atoms with Crippen molar-refractivity contribution in [2.75, 3.05) is 18.4 Å². The highest BCUT2D eigenvalue weighted by Gasteiger charge is 2.26. The average molecular weight is 412 g/mol. The van der Waals surface area contributed by atoms with Gasteiger partial charge in [-0.05, 0) is 76.5 Å². The summed E-state index contributed by atoms with van der Waals surface area (Å²) in [5.41, 5.74) is 1.72. The summed E-state index contributed by atoms with van der Waals surface area (Å²) < 4.78 is 13.1. The molecule has 1 fully saturated rings.